The van der Waals surface area contributed by atoms with Crippen molar-refractivity contribution >= 4 is 23.2 Å². The summed E-state index contributed by atoms with van der Waals surface area (Å²) in [5, 5.41) is 18.0. The molecule has 0 aliphatic carbocycles. The van der Waals surface area contributed by atoms with Gasteiger partial charge in [0.05, 0.1) is 12.8 Å². The highest BCUT2D eigenvalue weighted by atomic mass is 16.5. The highest BCUT2D eigenvalue weighted by Crippen LogP contribution is 2.29. The third kappa shape index (κ3) is 5.65. The molecular weight excluding hydrogens is 458 g/mol. The molecule has 0 atom stereocenters. The summed E-state index contributed by atoms with van der Waals surface area (Å²) >= 11 is 0. The molecule has 10 heteroatoms. The predicted octanol–water partition coefficient (Wildman–Crippen LogP) is 5.33. The molecule has 2 aromatic carbocycles. The maximum Gasteiger partial charge on any atom is 0.324 e. The Morgan fingerprint density at radius 1 is 1.08 bits per heavy atom. The van der Waals surface area contributed by atoms with E-state index in [1.165, 1.54) is 0 Å². The highest BCUT2D eigenvalue weighted by molar-refractivity contribution is 5.99. The lowest BCUT2D eigenvalue weighted by molar-refractivity contribution is 0.262. The van der Waals surface area contributed by atoms with Crippen molar-refractivity contribution < 1.29 is 14.1 Å². The summed E-state index contributed by atoms with van der Waals surface area (Å²) < 4.78 is 12.8. The van der Waals surface area contributed by atoms with Crippen LogP contribution in [0, 0.1) is 0 Å². The molecular formula is C26H31N7O3. The van der Waals surface area contributed by atoms with Crippen molar-refractivity contribution in [2.45, 2.75) is 33.1 Å². The van der Waals surface area contributed by atoms with E-state index in [2.05, 4.69) is 26.1 Å². The van der Waals surface area contributed by atoms with E-state index >= 15 is 0 Å². The number of amides is 2. The number of ether oxygens (including phenoxy) is 1. The number of carbonyl (C=O) groups excluding carboxylic acids is 1. The Morgan fingerprint density at radius 2 is 1.83 bits per heavy atom. The molecule has 2 N–H and O–H groups in total. The number of hydrogen-bond acceptors (Lipinski definition) is 7. The zero-order chi connectivity index (χ0) is 25.9. The van der Waals surface area contributed by atoms with Gasteiger partial charge in [-0.15, -0.1) is 5.10 Å². The van der Waals surface area contributed by atoms with Crippen molar-refractivity contribution in [3.8, 4) is 22.7 Å². The van der Waals surface area contributed by atoms with Crippen LogP contribution in [0.15, 0.2) is 59.3 Å². The smallest absolute Gasteiger partial charge is 0.324 e. The Kier molecular flexibility index (Phi) is 6.96. The quantitative estimate of drug-likeness (QED) is 0.361. The third-order valence-corrected chi connectivity index (χ3v) is 5.43. The SMILES string of the molecule is CCOc1cc(N(C)C)ccc1-n1cc(-c2ccc(NC(=O)Nc3cc(C(C)(C)C)on3)cc2)nn1. The van der Waals surface area contributed by atoms with Gasteiger partial charge in [0.2, 0.25) is 0 Å². The van der Waals surface area contributed by atoms with E-state index in [4.69, 9.17) is 9.26 Å². The van der Waals surface area contributed by atoms with E-state index in [9.17, 15) is 4.79 Å². The summed E-state index contributed by atoms with van der Waals surface area (Å²) in [6.07, 6.45) is 1.85. The second-order valence-corrected chi connectivity index (χ2v) is 9.51. The van der Waals surface area contributed by atoms with Gasteiger partial charge in [0.25, 0.3) is 0 Å². The van der Waals surface area contributed by atoms with E-state index in [0.717, 1.165) is 22.7 Å². The fourth-order valence-corrected chi connectivity index (χ4v) is 3.45. The standard InChI is InChI=1S/C26H31N7O3/c1-7-35-22-14-19(32(5)6)12-13-21(22)33-16-20(29-31-33)17-8-10-18(11-9-17)27-25(34)28-24-15-23(36-30-24)26(2,3)4/h8-16H,7H2,1-6H3,(H2,27,28,30,34). The molecule has 0 unspecified atom stereocenters. The Hall–Kier alpha value is -4.34. The summed E-state index contributed by atoms with van der Waals surface area (Å²) in [4.78, 5) is 14.4. The molecule has 0 bridgehead atoms. The molecule has 0 fully saturated rings. The number of anilines is 3. The van der Waals surface area contributed by atoms with Crippen molar-refractivity contribution in [3.05, 3.63) is 60.5 Å². The van der Waals surface area contributed by atoms with E-state index < -0.39 is 6.03 Å². The van der Waals surface area contributed by atoms with Gasteiger partial charge in [0.15, 0.2) is 5.82 Å². The van der Waals surface area contributed by atoms with Crippen LogP contribution in [0.3, 0.4) is 0 Å². The van der Waals surface area contributed by atoms with Crippen LogP contribution in [0.5, 0.6) is 5.75 Å². The molecule has 0 aliphatic rings. The number of aromatic nitrogens is 4. The van der Waals surface area contributed by atoms with Crippen molar-refractivity contribution in [1.29, 1.82) is 0 Å². The minimum Gasteiger partial charge on any atom is -0.492 e. The summed E-state index contributed by atoms with van der Waals surface area (Å²) in [5.41, 5.74) is 3.83. The number of hydrogen-bond donors (Lipinski definition) is 2. The number of benzene rings is 2. The van der Waals surface area contributed by atoms with Crippen LogP contribution in [0.25, 0.3) is 16.9 Å². The highest BCUT2D eigenvalue weighted by Gasteiger charge is 2.20. The summed E-state index contributed by atoms with van der Waals surface area (Å²) in [6, 6.07) is 14.6. The maximum atomic E-state index is 12.4. The van der Waals surface area contributed by atoms with Crippen molar-refractivity contribution in [2.24, 2.45) is 0 Å². The molecule has 0 radical (unpaired) electrons. The van der Waals surface area contributed by atoms with Gasteiger partial charge in [-0.1, -0.05) is 43.3 Å². The lowest BCUT2D eigenvalue weighted by Gasteiger charge is -2.16. The molecule has 10 nitrogen and oxygen atoms in total. The zero-order valence-electron chi connectivity index (χ0n) is 21.4. The third-order valence-electron chi connectivity index (χ3n) is 5.43. The first-order chi connectivity index (χ1) is 17.1. The first-order valence-corrected chi connectivity index (χ1v) is 11.7. The van der Waals surface area contributed by atoms with Gasteiger partial charge >= 0.3 is 6.03 Å². The van der Waals surface area contributed by atoms with E-state index in [1.807, 2.05) is 83.2 Å². The molecule has 2 heterocycles. The number of nitrogens with zero attached hydrogens (tertiary/aromatic N) is 5. The predicted molar refractivity (Wildman–Crippen MR) is 140 cm³/mol. The van der Waals surface area contributed by atoms with Gasteiger partial charge in [-0.2, -0.15) is 0 Å². The first kappa shape index (κ1) is 24.8. The van der Waals surface area contributed by atoms with Gasteiger partial charge in [-0.25, -0.2) is 9.48 Å². The Bertz CT molecular complexity index is 1330. The van der Waals surface area contributed by atoms with Crippen LogP contribution in [0.2, 0.25) is 0 Å². The number of rotatable bonds is 7. The van der Waals surface area contributed by atoms with E-state index in [-0.39, 0.29) is 5.41 Å². The minimum absolute atomic E-state index is 0.193. The number of carbonyl (C=O) groups is 1. The second kappa shape index (κ2) is 10.1. The molecule has 0 aliphatic heterocycles. The second-order valence-electron chi connectivity index (χ2n) is 9.51. The van der Waals surface area contributed by atoms with Gasteiger partial charge in [0, 0.05) is 48.6 Å². The molecule has 4 rings (SSSR count). The lowest BCUT2D eigenvalue weighted by atomic mass is 9.93. The van der Waals surface area contributed by atoms with Crippen LogP contribution in [0.1, 0.15) is 33.5 Å². The van der Waals surface area contributed by atoms with Crippen LogP contribution in [-0.2, 0) is 5.41 Å². The summed E-state index contributed by atoms with van der Waals surface area (Å²) in [6.45, 7) is 8.52. The van der Waals surface area contributed by atoms with Gasteiger partial charge in [-0.05, 0) is 31.2 Å². The topological polar surface area (TPSA) is 110 Å². The number of nitrogens with one attached hydrogen (secondary N) is 2. The van der Waals surface area contributed by atoms with Gasteiger partial charge < -0.3 is 19.5 Å². The molecule has 2 aromatic heterocycles. The molecule has 0 spiro atoms. The Labute approximate surface area is 210 Å². The largest absolute Gasteiger partial charge is 0.492 e. The van der Waals surface area contributed by atoms with Crippen molar-refractivity contribution in [3.63, 3.8) is 0 Å². The van der Waals surface area contributed by atoms with Gasteiger partial charge in [0.1, 0.15) is 22.9 Å². The van der Waals surface area contributed by atoms with Crippen LogP contribution in [-0.4, -0.2) is 46.9 Å². The fourth-order valence-electron chi connectivity index (χ4n) is 3.45. The first-order valence-electron chi connectivity index (χ1n) is 11.7. The average molecular weight is 490 g/mol. The fraction of sp³-hybridized carbons (Fsp3) is 0.308. The summed E-state index contributed by atoms with van der Waals surface area (Å²) in [7, 11) is 3.97. The maximum absolute atomic E-state index is 12.4. The van der Waals surface area contributed by atoms with Crippen LogP contribution >= 0.6 is 0 Å². The molecule has 0 saturated carbocycles. The molecule has 188 valence electrons. The monoisotopic (exact) mass is 489 g/mol. The Morgan fingerprint density at radius 3 is 2.47 bits per heavy atom. The van der Waals surface area contributed by atoms with Crippen molar-refractivity contribution in [1.82, 2.24) is 20.2 Å². The Balaban J connectivity index is 1.44. The van der Waals surface area contributed by atoms with Crippen LogP contribution < -0.4 is 20.3 Å². The molecule has 4 aromatic rings. The molecule has 2 amide bonds. The zero-order valence-corrected chi connectivity index (χ0v) is 21.4. The molecule has 36 heavy (non-hydrogen) atoms. The normalized spacial score (nSPS) is 11.3. The van der Waals surface area contributed by atoms with E-state index in [0.29, 0.717) is 29.6 Å². The minimum atomic E-state index is -0.410. The van der Waals surface area contributed by atoms with Gasteiger partial charge in [-0.3, -0.25) is 5.32 Å². The lowest BCUT2D eigenvalue weighted by Crippen LogP contribution is -2.19. The molecule has 0 saturated heterocycles. The summed E-state index contributed by atoms with van der Waals surface area (Å²) in [5.74, 6) is 1.78. The van der Waals surface area contributed by atoms with Crippen LogP contribution in [0.4, 0.5) is 22.0 Å². The van der Waals surface area contributed by atoms with E-state index in [1.54, 1.807) is 22.9 Å². The van der Waals surface area contributed by atoms with Crippen molar-refractivity contribution in [2.75, 3.05) is 36.2 Å². The average Bonchev–Trinajstić information content (AvgIpc) is 3.50. The number of urea groups is 1.